The second-order valence-corrected chi connectivity index (χ2v) is 4.99. The Morgan fingerprint density at radius 1 is 1.40 bits per heavy atom. The largest absolute Gasteiger partial charge is 0.507 e. The average Bonchev–Trinajstić information content (AvgIpc) is 2.36. The smallest absolute Gasteiger partial charge is 0.259 e. The number of hydrogen-bond acceptors (Lipinski definition) is 4. The first kappa shape index (κ1) is 14.0. The van der Waals surface area contributed by atoms with Gasteiger partial charge in [0.05, 0.1) is 5.56 Å². The van der Waals surface area contributed by atoms with Crippen LogP contribution in [0.25, 0.3) is 0 Å². The molecule has 0 radical (unpaired) electrons. The fraction of sp³-hybridized carbons (Fsp3) is 0.308. The number of phenols is 1. The van der Waals surface area contributed by atoms with E-state index in [1.54, 1.807) is 0 Å². The van der Waals surface area contributed by atoms with Gasteiger partial charge in [0.1, 0.15) is 23.7 Å². The molecule has 3 amide bonds. The third-order valence-corrected chi connectivity index (χ3v) is 3.22. The van der Waals surface area contributed by atoms with Crippen molar-refractivity contribution in [1.29, 1.82) is 0 Å². The first-order valence-corrected chi connectivity index (χ1v) is 5.88. The van der Waals surface area contributed by atoms with Crippen LogP contribution in [0.15, 0.2) is 18.2 Å². The van der Waals surface area contributed by atoms with Gasteiger partial charge in [-0.3, -0.25) is 19.7 Å². The fourth-order valence-corrected chi connectivity index (χ4v) is 1.93. The highest BCUT2D eigenvalue weighted by atomic mass is 19.1. The number of nitrogens with one attached hydrogen (secondary N) is 1. The summed E-state index contributed by atoms with van der Waals surface area (Å²) in [7, 11) is 0. The molecule has 0 aromatic heterocycles. The Labute approximate surface area is 114 Å². The number of nitrogens with zero attached hydrogens (tertiary/aromatic N) is 1. The molecule has 2 rings (SSSR count). The van der Waals surface area contributed by atoms with Gasteiger partial charge in [0.2, 0.25) is 5.91 Å². The Morgan fingerprint density at radius 2 is 2.05 bits per heavy atom. The molecule has 0 unspecified atom stereocenters. The summed E-state index contributed by atoms with van der Waals surface area (Å²) in [6, 6.07) is 2.91. The summed E-state index contributed by atoms with van der Waals surface area (Å²) in [4.78, 5) is 36.5. The molecule has 1 fully saturated rings. The van der Waals surface area contributed by atoms with Gasteiger partial charge in [0.15, 0.2) is 0 Å². The Balaban J connectivity index is 2.43. The summed E-state index contributed by atoms with van der Waals surface area (Å²) >= 11 is 0. The van der Waals surface area contributed by atoms with E-state index in [4.69, 9.17) is 0 Å². The third kappa shape index (κ3) is 2.22. The molecule has 1 aromatic carbocycles. The molecular formula is C13H13FN2O4. The zero-order valence-electron chi connectivity index (χ0n) is 10.9. The van der Waals surface area contributed by atoms with Gasteiger partial charge in [-0.15, -0.1) is 0 Å². The molecule has 1 aromatic rings. The van der Waals surface area contributed by atoms with Gasteiger partial charge in [0, 0.05) is 0 Å². The number of benzene rings is 1. The average molecular weight is 280 g/mol. The maximum Gasteiger partial charge on any atom is 0.259 e. The molecule has 7 heteroatoms. The number of amides is 3. The number of piperazine rings is 1. The molecule has 0 atom stereocenters. The second kappa shape index (κ2) is 4.59. The van der Waals surface area contributed by atoms with Gasteiger partial charge in [-0.05, 0) is 32.0 Å². The monoisotopic (exact) mass is 280 g/mol. The van der Waals surface area contributed by atoms with Crippen molar-refractivity contribution in [1.82, 2.24) is 10.2 Å². The predicted molar refractivity (Wildman–Crippen MR) is 66.3 cm³/mol. The molecule has 2 N–H and O–H groups in total. The van der Waals surface area contributed by atoms with Crippen molar-refractivity contribution >= 4 is 17.7 Å². The standard InChI is InChI=1S/C13H13FN2O4/c1-13(2)12(20)15-10(18)6-16(13)11(19)8-5-7(14)3-4-9(8)17/h3-5,17H,6H2,1-2H3,(H,15,18,20). The van der Waals surface area contributed by atoms with Crippen molar-refractivity contribution in [3.8, 4) is 5.75 Å². The Kier molecular flexibility index (Phi) is 3.21. The van der Waals surface area contributed by atoms with E-state index in [0.717, 1.165) is 23.1 Å². The fourth-order valence-electron chi connectivity index (χ4n) is 1.93. The number of rotatable bonds is 1. The number of phenolic OH excluding ortho intramolecular Hbond substituents is 1. The van der Waals surface area contributed by atoms with Gasteiger partial charge in [-0.1, -0.05) is 0 Å². The lowest BCUT2D eigenvalue weighted by molar-refractivity contribution is -0.143. The zero-order valence-corrected chi connectivity index (χ0v) is 10.9. The highest BCUT2D eigenvalue weighted by Gasteiger charge is 2.44. The molecule has 0 bridgehead atoms. The first-order valence-electron chi connectivity index (χ1n) is 5.88. The molecule has 0 aliphatic carbocycles. The zero-order chi connectivity index (χ0) is 15.1. The first-order chi connectivity index (χ1) is 9.23. The topological polar surface area (TPSA) is 86.7 Å². The highest BCUT2D eigenvalue weighted by Crippen LogP contribution is 2.25. The summed E-state index contributed by atoms with van der Waals surface area (Å²) in [6.07, 6.45) is 0. The van der Waals surface area contributed by atoms with Crippen molar-refractivity contribution in [2.45, 2.75) is 19.4 Å². The van der Waals surface area contributed by atoms with Crippen LogP contribution >= 0.6 is 0 Å². The van der Waals surface area contributed by atoms with Crippen molar-refractivity contribution in [2.75, 3.05) is 6.54 Å². The van der Waals surface area contributed by atoms with E-state index in [1.165, 1.54) is 13.8 Å². The van der Waals surface area contributed by atoms with Gasteiger partial charge < -0.3 is 10.0 Å². The summed E-state index contributed by atoms with van der Waals surface area (Å²) in [5.41, 5.74) is -1.57. The molecule has 1 heterocycles. The van der Waals surface area contributed by atoms with Crippen LogP contribution in [0.1, 0.15) is 24.2 Å². The molecule has 106 valence electrons. The lowest BCUT2D eigenvalue weighted by atomic mass is 9.97. The van der Waals surface area contributed by atoms with Crippen molar-refractivity contribution < 1.29 is 23.9 Å². The van der Waals surface area contributed by atoms with Gasteiger partial charge in [0.25, 0.3) is 11.8 Å². The van der Waals surface area contributed by atoms with Crippen molar-refractivity contribution in [2.24, 2.45) is 0 Å². The molecule has 1 saturated heterocycles. The van der Waals surface area contributed by atoms with E-state index in [0.29, 0.717) is 0 Å². The van der Waals surface area contributed by atoms with Crippen LogP contribution in [-0.2, 0) is 9.59 Å². The molecule has 0 spiro atoms. The molecule has 6 nitrogen and oxygen atoms in total. The maximum absolute atomic E-state index is 13.2. The van der Waals surface area contributed by atoms with E-state index in [1.807, 2.05) is 0 Å². The SMILES string of the molecule is CC1(C)C(=O)NC(=O)CN1C(=O)c1cc(F)ccc1O. The minimum Gasteiger partial charge on any atom is -0.507 e. The number of carbonyl (C=O) groups excluding carboxylic acids is 3. The normalized spacial score (nSPS) is 17.9. The summed E-state index contributed by atoms with van der Waals surface area (Å²) < 4.78 is 13.2. The highest BCUT2D eigenvalue weighted by molar-refractivity contribution is 6.09. The predicted octanol–water partition coefficient (Wildman–Crippen LogP) is 0.408. The molecule has 0 saturated carbocycles. The lowest BCUT2D eigenvalue weighted by Gasteiger charge is -2.40. The summed E-state index contributed by atoms with van der Waals surface area (Å²) in [6.45, 7) is 2.58. The number of hydrogen-bond donors (Lipinski definition) is 2. The minimum atomic E-state index is -1.27. The van der Waals surface area contributed by atoms with Gasteiger partial charge in [-0.25, -0.2) is 4.39 Å². The van der Waals surface area contributed by atoms with Crippen molar-refractivity contribution in [3.63, 3.8) is 0 Å². The minimum absolute atomic E-state index is 0.291. The van der Waals surface area contributed by atoms with E-state index < -0.39 is 34.8 Å². The lowest BCUT2D eigenvalue weighted by Crippen LogP contribution is -2.65. The summed E-state index contributed by atoms with van der Waals surface area (Å²) in [5, 5.41) is 11.8. The number of carbonyl (C=O) groups is 3. The molecular weight excluding hydrogens is 267 g/mol. The van der Waals surface area contributed by atoms with Gasteiger partial charge >= 0.3 is 0 Å². The Hall–Kier alpha value is -2.44. The molecule has 1 aliphatic rings. The van der Waals surface area contributed by atoms with Crippen LogP contribution in [-0.4, -0.2) is 39.8 Å². The third-order valence-electron chi connectivity index (χ3n) is 3.22. The Morgan fingerprint density at radius 3 is 2.70 bits per heavy atom. The van der Waals surface area contributed by atoms with Crippen LogP contribution in [0, 0.1) is 5.82 Å². The quantitative estimate of drug-likeness (QED) is 0.729. The molecule has 20 heavy (non-hydrogen) atoms. The summed E-state index contributed by atoms with van der Waals surface area (Å²) in [5.74, 6) is -3.14. The van der Waals surface area contributed by atoms with Gasteiger partial charge in [-0.2, -0.15) is 0 Å². The number of aromatic hydroxyl groups is 1. The molecule has 1 aliphatic heterocycles. The van der Waals surface area contributed by atoms with Crippen LogP contribution in [0.2, 0.25) is 0 Å². The van der Waals surface area contributed by atoms with E-state index in [2.05, 4.69) is 5.32 Å². The number of imide groups is 1. The maximum atomic E-state index is 13.2. The van der Waals surface area contributed by atoms with E-state index in [-0.39, 0.29) is 12.1 Å². The second-order valence-electron chi connectivity index (χ2n) is 4.99. The Bertz CT molecular complexity index is 612. The van der Waals surface area contributed by atoms with Crippen LogP contribution in [0.4, 0.5) is 4.39 Å². The van der Waals surface area contributed by atoms with E-state index >= 15 is 0 Å². The number of halogens is 1. The van der Waals surface area contributed by atoms with Crippen LogP contribution in [0.5, 0.6) is 5.75 Å². The van der Waals surface area contributed by atoms with Crippen molar-refractivity contribution in [3.05, 3.63) is 29.6 Å². The van der Waals surface area contributed by atoms with Crippen LogP contribution in [0.3, 0.4) is 0 Å². The van der Waals surface area contributed by atoms with E-state index in [9.17, 15) is 23.9 Å². The van der Waals surface area contributed by atoms with Crippen LogP contribution < -0.4 is 5.32 Å².